The number of nitrogens with two attached hydrogens (primary N) is 1. The van der Waals surface area contributed by atoms with E-state index in [-0.39, 0.29) is 17.0 Å². The van der Waals surface area contributed by atoms with Crippen LogP contribution in [-0.2, 0) is 0 Å². The molecule has 0 atom stereocenters. The number of hydrogen-bond donors (Lipinski definition) is 1. The number of carbonyl (C=O) groups excluding carboxylic acids is 1. The van der Waals surface area contributed by atoms with Gasteiger partial charge in [0.2, 0.25) is 0 Å². The van der Waals surface area contributed by atoms with E-state index >= 15 is 0 Å². The Morgan fingerprint density at radius 2 is 2.27 bits per heavy atom. The number of primary amides is 1. The molecule has 0 bridgehead atoms. The fourth-order valence-corrected chi connectivity index (χ4v) is 1.27. The largest absolute Gasteiger partial charge is 0.458 e. The van der Waals surface area contributed by atoms with Gasteiger partial charge >= 0.3 is 0 Å². The zero-order valence-electron chi connectivity index (χ0n) is 7.61. The summed E-state index contributed by atoms with van der Waals surface area (Å²) in [7, 11) is 0. The van der Waals surface area contributed by atoms with Crippen molar-refractivity contribution in [1.29, 1.82) is 0 Å². The molecule has 0 aliphatic carbocycles. The summed E-state index contributed by atoms with van der Waals surface area (Å²) in [5, 5.41) is 0. The fourth-order valence-electron chi connectivity index (χ4n) is 1.27. The number of carbonyl (C=O) groups is 1. The molecule has 0 saturated carbocycles. The lowest BCUT2D eigenvalue weighted by molar-refractivity contribution is 0.0974. The van der Waals surface area contributed by atoms with E-state index in [2.05, 4.69) is 4.98 Å². The van der Waals surface area contributed by atoms with Crippen LogP contribution in [0.15, 0.2) is 35.1 Å². The van der Waals surface area contributed by atoms with Crippen molar-refractivity contribution in [2.24, 2.45) is 5.73 Å². The second kappa shape index (κ2) is 3.53. The molecule has 2 aromatic rings. The van der Waals surface area contributed by atoms with E-state index < -0.39 is 11.7 Å². The number of amides is 1. The Kier molecular flexibility index (Phi) is 2.21. The van der Waals surface area contributed by atoms with Gasteiger partial charge in [-0.3, -0.25) is 9.78 Å². The molecule has 0 saturated heterocycles. The quantitative estimate of drug-likeness (QED) is 0.810. The molecule has 2 rings (SSSR count). The molecule has 0 fully saturated rings. The Hall–Kier alpha value is -2.17. The smallest absolute Gasteiger partial charge is 0.285 e. The van der Waals surface area contributed by atoms with Crippen molar-refractivity contribution in [3.05, 3.63) is 42.2 Å². The van der Waals surface area contributed by atoms with Gasteiger partial charge in [0, 0.05) is 6.20 Å². The van der Waals surface area contributed by atoms with E-state index in [1.54, 1.807) is 0 Å². The molecule has 0 unspecified atom stereocenters. The van der Waals surface area contributed by atoms with Gasteiger partial charge in [-0.1, -0.05) is 0 Å². The van der Waals surface area contributed by atoms with Crippen molar-refractivity contribution >= 4 is 5.91 Å². The fraction of sp³-hybridized carbons (Fsp3) is 0. The van der Waals surface area contributed by atoms with Gasteiger partial charge in [0.05, 0.1) is 11.8 Å². The Bertz CT molecular complexity index is 508. The number of rotatable bonds is 2. The lowest BCUT2D eigenvalue weighted by Crippen LogP contribution is -2.11. The first-order valence-corrected chi connectivity index (χ1v) is 4.18. The highest BCUT2D eigenvalue weighted by Gasteiger charge is 2.17. The monoisotopic (exact) mass is 206 g/mol. The van der Waals surface area contributed by atoms with Crippen molar-refractivity contribution in [3.63, 3.8) is 0 Å². The number of hydrogen-bond acceptors (Lipinski definition) is 3. The molecule has 15 heavy (non-hydrogen) atoms. The molecule has 1 amide bonds. The summed E-state index contributed by atoms with van der Waals surface area (Å²) in [6.07, 6.45) is 2.69. The summed E-state index contributed by atoms with van der Waals surface area (Å²) in [4.78, 5) is 14.8. The van der Waals surface area contributed by atoms with Crippen molar-refractivity contribution in [3.8, 4) is 11.3 Å². The summed E-state index contributed by atoms with van der Waals surface area (Å²) in [6, 6.07) is 4.16. The average molecular weight is 206 g/mol. The number of furan rings is 1. The van der Waals surface area contributed by atoms with Crippen LogP contribution >= 0.6 is 0 Å². The van der Waals surface area contributed by atoms with E-state index in [9.17, 15) is 9.18 Å². The van der Waals surface area contributed by atoms with Gasteiger partial charge in [0.15, 0.2) is 5.76 Å². The van der Waals surface area contributed by atoms with Crippen molar-refractivity contribution in [1.82, 2.24) is 4.98 Å². The van der Waals surface area contributed by atoms with E-state index in [1.807, 2.05) is 0 Å². The topological polar surface area (TPSA) is 69.1 Å². The predicted molar refractivity (Wildman–Crippen MR) is 50.4 cm³/mol. The number of aromatic nitrogens is 1. The maximum atomic E-state index is 13.3. The summed E-state index contributed by atoms with van der Waals surface area (Å²) in [6.45, 7) is 0. The predicted octanol–water partition coefficient (Wildman–Crippen LogP) is 1.58. The Labute approximate surface area is 84.5 Å². The molecule has 0 aliphatic heterocycles. The average Bonchev–Trinajstić information content (AvgIpc) is 2.67. The minimum atomic E-state index is -0.750. The standard InChI is InChI=1S/C10H7FN2O2/c11-7-2-1-4-13-8(7)6-3-5-15-9(6)10(12)14/h1-5H,(H2,12,14). The molecular weight excluding hydrogens is 199 g/mol. The van der Waals surface area contributed by atoms with Gasteiger partial charge < -0.3 is 10.2 Å². The molecule has 0 aromatic carbocycles. The Morgan fingerprint density at radius 1 is 1.47 bits per heavy atom. The van der Waals surface area contributed by atoms with Gasteiger partial charge in [-0.25, -0.2) is 4.39 Å². The molecule has 4 nitrogen and oxygen atoms in total. The Morgan fingerprint density at radius 3 is 2.93 bits per heavy atom. The normalized spacial score (nSPS) is 10.2. The summed E-state index contributed by atoms with van der Waals surface area (Å²) >= 11 is 0. The van der Waals surface area contributed by atoms with Crippen LogP contribution in [0.5, 0.6) is 0 Å². The van der Waals surface area contributed by atoms with E-state index in [0.717, 1.165) is 0 Å². The number of halogens is 1. The summed E-state index contributed by atoms with van der Waals surface area (Å²) < 4.78 is 18.2. The maximum absolute atomic E-state index is 13.3. The zero-order chi connectivity index (χ0) is 10.8. The van der Waals surface area contributed by atoms with Crippen LogP contribution in [0.2, 0.25) is 0 Å². The summed E-state index contributed by atoms with van der Waals surface area (Å²) in [5.74, 6) is -1.37. The number of nitrogens with zero attached hydrogens (tertiary/aromatic N) is 1. The van der Waals surface area contributed by atoms with Crippen LogP contribution < -0.4 is 5.73 Å². The zero-order valence-corrected chi connectivity index (χ0v) is 7.61. The van der Waals surface area contributed by atoms with Gasteiger partial charge in [-0.15, -0.1) is 0 Å². The molecular formula is C10H7FN2O2. The molecule has 2 N–H and O–H groups in total. The summed E-state index contributed by atoms with van der Waals surface area (Å²) in [5.41, 5.74) is 5.38. The van der Waals surface area contributed by atoms with Crippen LogP contribution in [0.1, 0.15) is 10.6 Å². The molecule has 0 spiro atoms. The van der Waals surface area contributed by atoms with Gasteiger partial charge in [-0.2, -0.15) is 0 Å². The van der Waals surface area contributed by atoms with E-state index in [0.29, 0.717) is 0 Å². The lowest BCUT2D eigenvalue weighted by Gasteiger charge is -1.99. The van der Waals surface area contributed by atoms with Crippen LogP contribution in [0.3, 0.4) is 0 Å². The second-order valence-electron chi connectivity index (χ2n) is 2.86. The minimum Gasteiger partial charge on any atom is -0.458 e. The van der Waals surface area contributed by atoms with Crippen LogP contribution in [0.25, 0.3) is 11.3 Å². The lowest BCUT2D eigenvalue weighted by atomic mass is 10.1. The van der Waals surface area contributed by atoms with Crippen LogP contribution in [0, 0.1) is 5.82 Å². The highest BCUT2D eigenvalue weighted by molar-refractivity contribution is 5.96. The molecule has 0 aliphatic rings. The number of pyridine rings is 1. The molecule has 5 heteroatoms. The third-order valence-electron chi connectivity index (χ3n) is 1.90. The third-order valence-corrected chi connectivity index (χ3v) is 1.90. The second-order valence-corrected chi connectivity index (χ2v) is 2.86. The van der Waals surface area contributed by atoms with E-state index in [1.165, 1.54) is 30.7 Å². The van der Waals surface area contributed by atoms with E-state index in [4.69, 9.17) is 10.2 Å². The first-order valence-electron chi connectivity index (χ1n) is 4.18. The van der Waals surface area contributed by atoms with Gasteiger partial charge in [0.25, 0.3) is 5.91 Å². The third kappa shape index (κ3) is 1.59. The molecule has 2 heterocycles. The highest BCUT2D eigenvalue weighted by atomic mass is 19.1. The van der Waals surface area contributed by atoms with Crippen molar-refractivity contribution < 1.29 is 13.6 Å². The van der Waals surface area contributed by atoms with Crippen molar-refractivity contribution in [2.75, 3.05) is 0 Å². The Balaban J connectivity index is 2.59. The minimum absolute atomic E-state index is 0.0556. The first-order chi connectivity index (χ1) is 7.20. The molecule has 2 aromatic heterocycles. The van der Waals surface area contributed by atoms with Crippen LogP contribution in [-0.4, -0.2) is 10.9 Å². The van der Waals surface area contributed by atoms with Gasteiger partial charge in [-0.05, 0) is 18.2 Å². The van der Waals surface area contributed by atoms with Crippen molar-refractivity contribution in [2.45, 2.75) is 0 Å². The highest BCUT2D eigenvalue weighted by Crippen LogP contribution is 2.24. The molecule has 76 valence electrons. The maximum Gasteiger partial charge on any atom is 0.285 e. The van der Waals surface area contributed by atoms with Gasteiger partial charge in [0.1, 0.15) is 11.5 Å². The SMILES string of the molecule is NC(=O)c1occc1-c1ncccc1F. The van der Waals surface area contributed by atoms with Crippen LogP contribution in [0.4, 0.5) is 4.39 Å². The first kappa shape index (κ1) is 9.39. The molecule has 0 radical (unpaired) electrons.